The maximum absolute atomic E-state index is 10.2. The molecule has 1 aliphatic rings. The van der Waals surface area contributed by atoms with E-state index in [2.05, 4.69) is 9.97 Å². The third kappa shape index (κ3) is 2.40. The van der Waals surface area contributed by atoms with Crippen LogP contribution in [0.3, 0.4) is 0 Å². The molecule has 0 aliphatic heterocycles. The number of rotatable bonds is 0. The first-order valence-corrected chi connectivity index (χ1v) is 6.08. The van der Waals surface area contributed by atoms with Crippen LogP contribution in [0.15, 0.2) is 0 Å². The average Bonchev–Trinajstić information content (AvgIpc) is 2.18. The zero-order valence-electron chi connectivity index (χ0n) is 11.0. The maximum Gasteiger partial charge on any atom is 0.125 e. The summed E-state index contributed by atoms with van der Waals surface area (Å²) < 4.78 is 0. The molecule has 1 aromatic rings. The van der Waals surface area contributed by atoms with Crippen molar-refractivity contribution >= 4 is 0 Å². The van der Waals surface area contributed by atoms with Gasteiger partial charge >= 0.3 is 0 Å². The summed E-state index contributed by atoms with van der Waals surface area (Å²) in [5, 5.41) is 10.2. The summed E-state index contributed by atoms with van der Waals surface area (Å²) in [5.74, 6) is 0.805. The molecule has 0 saturated heterocycles. The molecular formula is C13H22N2O. The first-order valence-electron chi connectivity index (χ1n) is 6.08. The predicted molar refractivity (Wildman–Crippen MR) is 65.4 cm³/mol. The maximum atomic E-state index is 10.2. The Bertz CT molecular complexity index is 372. The van der Waals surface area contributed by atoms with Crippen molar-refractivity contribution < 1.29 is 5.11 Å². The third-order valence-electron chi connectivity index (χ3n) is 2.89. The third-order valence-corrected chi connectivity index (χ3v) is 2.89. The molecular weight excluding hydrogens is 200 g/mol. The lowest BCUT2D eigenvalue weighted by atomic mass is 9.82. The van der Waals surface area contributed by atoms with Gasteiger partial charge in [0.05, 0.1) is 11.3 Å². The molecule has 1 N–H and O–H groups in total. The smallest absolute Gasteiger partial charge is 0.125 e. The van der Waals surface area contributed by atoms with Crippen molar-refractivity contribution in [2.24, 2.45) is 0 Å². The lowest BCUT2D eigenvalue weighted by Crippen LogP contribution is -2.29. The molecule has 0 aromatic carbocycles. The van der Waals surface area contributed by atoms with Gasteiger partial charge < -0.3 is 5.11 Å². The van der Waals surface area contributed by atoms with Crippen LogP contribution in [-0.4, -0.2) is 15.1 Å². The van der Waals surface area contributed by atoms with E-state index < -0.39 is 5.60 Å². The van der Waals surface area contributed by atoms with Gasteiger partial charge in [0.25, 0.3) is 0 Å². The molecule has 1 aliphatic carbocycles. The summed E-state index contributed by atoms with van der Waals surface area (Å²) in [6.45, 7) is 9.71. The number of fused-ring (bicyclic) bond motifs is 1. The van der Waals surface area contributed by atoms with Crippen molar-refractivity contribution in [2.45, 2.75) is 59.5 Å². The number of aliphatic hydroxyl groups is 1. The Labute approximate surface area is 97.9 Å². The van der Waals surface area contributed by atoms with Crippen LogP contribution in [0.4, 0.5) is 0 Å². The fourth-order valence-electron chi connectivity index (χ4n) is 2.39. The molecule has 1 atom stereocenters. The van der Waals surface area contributed by atoms with Gasteiger partial charge in [0.15, 0.2) is 0 Å². The van der Waals surface area contributed by atoms with Crippen LogP contribution < -0.4 is 0 Å². The molecule has 0 saturated carbocycles. The zero-order valence-corrected chi connectivity index (χ0v) is 11.0. The summed E-state index contributed by atoms with van der Waals surface area (Å²) in [4.78, 5) is 8.71. The van der Waals surface area contributed by atoms with E-state index in [9.17, 15) is 5.11 Å². The van der Waals surface area contributed by atoms with E-state index in [1.807, 2.05) is 34.6 Å². The number of aromatic nitrogens is 2. The highest BCUT2D eigenvalue weighted by atomic mass is 16.3. The minimum absolute atomic E-state index is 0.731. The molecule has 1 unspecified atom stereocenters. The molecule has 1 heterocycles. The standard InChI is InChI=1S/C11H16N2O.C2H6/c1-7-10-9(13-8(2)12-7)5-4-6-11(10,3)14;1-2/h14H,4-6H2,1-3H3;1-2H3. The highest BCUT2D eigenvalue weighted by Gasteiger charge is 2.32. The van der Waals surface area contributed by atoms with E-state index in [4.69, 9.17) is 0 Å². The molecule has 1 aromatic heterocycles. The number of hydrogen-bond donors (Lipinski definition) is 1. The first-order chi connectivity index (χ1) is 7.50. The van der Waals surface area contributed by atoms with Crippen molar-refractivity contribution in [1.82, 2.24) is 9.97 Å². The van der Waals surface area contributed by atoms with Crippen LogP contribution in [0.25, 0.3) is 0 Å². The van der Waals surface area contributed by atoms with Crippen molar-refractivity contribution in [3.8, 4) is 0 Å². The first kappa shape index (κ1) is 13.1. The van der Waals surface area contributed by atoms with Crippen LogP contribution in [0, 0.1) is 13.8 Å². The molecule has 16 heavy (non-hydrogen) atoms. The second-order valence-electron chi connectivity index (χ2n) is 4.31. The van der Waals surface area contributed by atoms with Crippen molar-refractivity contribution in [3.05, 3.63) is 22.8 Å². The Kier molecular flexibility index (Phi) is 4.03. The summed E-state index contributed by atoms with van der Waals surface area (Å²) in [5.41, 5.74) is 2.18. The van der Waals surface area contributed by atoms with Gasteiger partial charge in [-0.1, -0.05) is 13.8 Å². The Morgan fingerprint density at radius 3 is 2.44 bits per heavy atom. The molecule has 0 radical (unpaired) electrons. The molecule has 0 fully saturated rings. The van der Waals surface area contributed by atoms with Crippen LogP contribution in [0.2, 0.25) is 0 Å². The SMILES string of the molecule is CC.Cc1nc(C)c2c(n1)CCCC2(C)O. The van der Waals surface area contributed by atoms with E-state index in [1.165, 1.54) is 0 Å². The van der Waals surface area contributed by atoms with E-state index in [0.29, 0.717) is 0 Å². The minimum Gasteiger partial charge on any atom is -0.385 e. The topological polar surface area (TPSA) is 46.0 Å². The van der Waals surface area contributed by atoms with E-state index >= 15 is 0 Å². The number of nitrogens with zero attached hydrogens (tertiary/aromatic N) is 2. The lowest BCUT2D eigenvalue weighted by Gasteiger charge is -2.31. The summed E-state index contributed by atoms with van der Waals surface area (Å²) >= 11 is 0. The summed E-state index contributed by atoms with van der Waals surface area (Å²) in [6, 6.07) is 0. The average molecular weight is 222 g/mol. The monoisotopic (exact) mass is 222 g/mol. The van der Waals surface area contributed by atoms with Gasteiger partial charge in [-0.3, -0.25) is 0 Å². The van der Waals surface area contributed by atoms with Crippen LogP contribution in [-0.2, 0) is 12.0 Å². The van der Waals surface area contributed by atoms with E-state index in [-0.39, 0.29) is 0 Å². The fraction of sp³-hybridized carbons (Fsp3) is 0.692. The molecule has 0 bridgehead atoms. The number of hydrogen-bond acceptors (Lipinski definition) is 3. The Hall–Kier alpha value is -0.960. The Morgan fingerprint density at radius 2 is 1.81 bits per heavy atom. The zero-order chi connectivity index (χ0) is 12.3. The Balaban J connectivity index is 0.000000606. The Morgan fingerprint density at radius 1 is 1.19 bits per heavy atom. The van der Waals surface area contributed by atoms with Gasteiger partial charge in [-0.15, -0.1) is 0 Å². The summed E-state index contributed by atoms with van der Waals surface area (Å²) in [6.07, 6.45) is 2.79. The van der Waals surface area contributed by atoms with Crippen LogP contribution >= 0.6 is 0 Å². The van der Waals surface area contributed by atoms with Crippen LogP contribution in [0.5, 0.6) is 0 Å². The minimum atomic E-state index is -0.731. The highest BCUT2D eigenvalue weighted by Crippen LogP contribution is 2.35. The fourth-order valence-corrected chi connectivity index (χ4v) is 2.39. The van der Waals surface area contributed by atoms with E-state index in [1.54, 1.807) is 0 Å². The van der Waals surface area contributed by atoms with Gasteiger partial charge in [-0.25, -0.2) is 9.97 Å². The van der Waals surface area contributed by atoms with Gasteiger partial charge in [0.1, 0.15) is 5.82 Å². The van der Waals surface area contributed by atoms with Gasteiger partial charge in [-0.05, 0) is 40.0 Å². The van der Waals surface area contributed by atoms with Gasteiger partial charge in [-0.2, -0.15) is 0 Å². The predicted octanol–water partition coefficient (Wildman–Crippen LogP) is 2.66. The highest BCUT2D eigenvalue weighted by molar-refractivity contribution is 5.33. The largest absolute Gasteiger partial charge is 0.385 e. The van der Waals surface area contributed by atoms with E-state index in [0.717, 1.165) is 42.0 Å². The van der Waals surface area contributed by atoms with Gasteiger partial charge in [0.2, 0.25) is 0 Å². The molecule has 90 valence electrons. The quantitative estimate of drug-likeness (QED) is 0.734. The summed E-state index contributed by atoms with van der Waals surface area (Å²) in [7, 11) is 0. The van der Waals surface area contributed by atoms with Crippen LogP contribution in [0.1, 0.15) is 56.4 Å². The van der Waals surface area contributed by atoms with Gasteiger partial charge in [0, 0.05) is 11.3 Å². The number of aryl methyl sites for hydroxylation is 3. The van der Waals surface area contributed by atoms with Crippen molar-refractivity contribution in [3.63, 3.8) is 0 Å². The molecule has 0 spiro atoms. The second kappa shape index (κ2) is 4.91. The van der Waals surface area contributed by atoms with Crippen molar-refractivity contribution in [1.29, 1.82) is 0 Å². The lowest BCUT2D eigenvalue weighted by molar-refractivity contribution is 0.0366. The second-order valence-corrected chi connectivity index (χ2v) is 4.31. The normalized spacial score (nSPS) is 23.1. The molecule has 3 nitrogen and oxygen atoms in total. The molecule has 0 amide bonds. The van der Waals surface area contributed by atoms with Crippen molar-refractivity contribution in [2.75, 3.05) is 0 Å². The molecule has 3 heteroatoms. The molecule has 2 rings (SSSR count).